The highest BCUT2D eigenvalue weighted by atomic mass is 16.3. The van der Waals surface area contributed by atoms with Crippen molar-refractivity contribution in [1.29, 1.82) is 0 Å². The number of carbonyl (C=O) groups excluding carboxylic acids is 1. The van der Waals surface area contributed by atoms with Crippen molar-refractivity contribution >= 4 is 23.6 Å². The molecule has 0 saturated carbocycles. The molecule has 2 saturated heterocycles. The monoisotopic (exact) mass is 367 g/mol. The number of hydrogen-bond acceptors (Lipinski definition) is 6. The summed E-state index contributed by atoms with van der Waals surface area (Å²) >= 11 is 0. The summed E-state index contributed by atoms with van der Waals surface area (Å²) < 4.78 is 5.22. The summed E-state index contributed by atoms with van der Waals surface area (Å²) in [5.41, 5.74) is 0. The van der Waals surface area contributed by atoms with Gasteiger partial charge in [0, 0.05) is 51.4 Å². The summed E-state index contributed by atoms with van der Waals surface area (Å²) in [6.07, 6.45) is 10.3. The molecule has 2 fully saturated rings. The summed E-state index contributed by atoms with van der Waals surface area (Å²) in [6, 6.07) is 5.72. The SMILES string of the molecule is O=C(/C=C/c1ccco1)N1CCN(c2cc(N3CCCCC3)ncn2)CC1. The van der Waals surface area contributed by atoms with E-state index >= 15 is 0 Å². The van der Waals surface area contributed by atoms with Crippen LogP contribution >= 0.6 is 0 Å². The van der Waals surface area contributed by atoms with Crippen molar-refractivity contribution in [2.45, 2.75) is 19.3 Å². The molecule has 0 bridgehead atoms. The first-order chi connectivity index (χ1) is 13.3. The molecule has 0 aliphatic carbocycles. The molecule has 7 nitrogen and oxygen atoms in total. The third kappa shape index (κ3) is 4.30. The van der Waals surface area contributed by atoms with Crippen molar-refractivity contribution in [3.63, 3.8) is 0 Å². The van der Waals surface area contributed by atoms with Crippen LogP contribution in [0.3, 0.4) is 0 Å². The Balaban J connectivity index is 1.34. The first kappa shape index (κ1) is 17.6. The summed E-state index contributed by atoms with van der Waals surface area (Å²) in [7, 11) is 0. The third-order valence-electron chi connectivity index (χ3n) is 5.17. The van der Waals surface area contributed by atoms with Crippen molar-refractivity contribution in [2.75, 3.05) is 49.1 Å². The second-order valence-corrected chi connectivity index (χ2v) is 6.94. The Labute approximate surface area is 159 Å². The minimum Gasteiger partial charge on any atom is -0.465 e. The van der Waals surface area contributed by atoms with Gasteiger partial charge in [0.2, 0.25) is 5.91 Å². The molecule has 2 aliphatic rings. The Morgan fingerprint density at radius 3 is 2.33 bits per heavy atom. The van der Waals surface area contributed by atoms with Gasteiger partial charge in [0.15, 0.2) is 0 Å². The van der Waals surface area contributed by atoms with E-state index in [1.54, 1.807) is 24.7 Å². The number of hydrogen-bond donors (Lipinski definition) is 0. The van der Waals surface area contributed by atoms with Gasteiger partial charge >= 0.3 is 0 Å². The maximum Gasteiger partial charge on any atom is 0.246 e. The van der Waals surface area contributed by atoms with E-state index in [4.69, 9.17) is 4.42 Å². The molecule has 4 rings (SSSR count). The molecular weight excluding hydrogens is 342 g/mol. The number of piperazine rings is 1. The van der Waals surface area contributed by atoms with Crippen molar-refractivity contribution in [3.05, 3.63) is 42.6 Å². The predicted molar refractivity (Wildman–Crippen MR) is 105 cm³/mol. The molecule has 7 heteroatoms. The van der Waals surface area contributed by atoms with Crippen LogP contribution in [-0.2, 0) is 4.79 Å². The predicted octanol–water partition coefficient (Wildman–Crippen LogP) is 2.42. The van der Waals surface area contributed by atoms with Crippen LogP contribution in [0.15, 0.2) is 41.3 Å². The molecular formula is C20H25N5O2. The second-order valence-electron chi connectivity index (χ2n) is 6.94. The van der Waals surface area contributed by atoms with E-state index in [-0.39, 0.29) is 5.91 Å². The van der Waals surface area contributed by atoms with Gasteiger partial charge in [-0.25, -0.2) is 9.97 Å². The molecule has 0 radical (unpaired) electrons. The maximum absolute atomic E-state index is 12.3. The average molecular weight is 367 g/mol. The largest absolute Gasteiger partial charge is 0.465 e. The maximum atomic E-state index is 12.3. The van der Waals surface area contributed by atoms with E-state index in [9.17, 15) is 4.79 Å². The summed E-state index contributed by atoms with van der Waals surface area (Å²) in [6.45, 7) is 5.06. The van der Waals surface area contributed by atoms with Crippen LogP contribution in [0, 0.1) is 0 Å². The van der Waals surface area contributed by atoms with Gasteiger partial charge < -0.3 is 19.1 Å². The number of piperidine rings is 1. The van der Waals surface area contributed by atoms with Crippen molar-refractivity contribution in [3.8, 4) is 0 Å². The number of rotatable bonds is 4. The van der Waals surface area contributed by atoms with Gasteiger partial charge in [-0.2, -0.15) is 0 Å². The van der Waals surface area contributed by atoms with Crippen LogP contribution in [-0.4, -0.2) is 60.0 Å². The van der Waals surface area contributed by atoms with Gasteiger partial charge in [-0.1, -0.05) is 0 Å². The summed E-state index contributed by atoms with van der Waals surface area (Å²) in [5.74, 6) is 2.67. The number of carbonyl (C=O) groups is 1. The number of amides is 1. The highest BCUT2D eigenvalue weighted by Crippen LogP contribution is 2.22. The van der Waals surface area contributed by atoms with Crippen LogP contribution in [0.5, 0.6) is 0 Å². The lowest BCUT2D eigenvalue weighted by atomic mass is 10.1. The smallest absolute Gasteiger partial charge is 0.246 e. The average Bonchev–Trinajstić information content (AvgIpc) is 3.27. The summed E-state index contributed by atoms with van der Waals surface area (Å²) in [5, 5.41) is 0. The van der Waals surface area contributed by atoms with Gasteiger partial charge in [-0.15, -0.1) is 0 Å². The quantitative estimate of drug-likeness (QED) is 0.774. The Morgan fingerprint density at radius 1 is 0.963 bits per heavy atom. The Kier molecular flexibility index (Phi) is 5.37. The zero-order valence-electron chi connectivity index (χ0n) is 15.5. The fourth-order valence-corrected chi connectivity index (χ4v) is 3.61. The minimum atomic E-state index is 0.0164. The molecule has 4 heterocycles. The molecule has 0 atom stereocenters. The molecule has 0 unspecified atom stereocenters. The van der Waals surface area contributed by atoms with Crippen LogP contribution in [0.1, 0.15) is 25.0 Å². The fraction of sp³-hybridized carbons (Fsp3) is 0.450. The van der Waals surface area contributed by atoms with E-state index in [1.165, 1.54) is 19.3 Å². The van der Waals surface area contributed by atoms with E-state index in [0.29, 0.717) is 18.8 Å². The molecule has 0 aromatic carbocycles. The highest BCUT2D eigenvalue weighted by Gasteiger charge is 2.22. The molecule has 1 amide bonds. The molecule has 2 aliphatic heterocycles. The topological polar surface area (TPSA) is 65.7 Å². The molecule has 0 N–H and O–H groups in total. The van der Waals surface area contributed by atoms with Crippen LogP contribution < -0.4 is 9.80 Å². The lowest BCUT2D eigenvalue weighted by Crippen LogP contribution is -2.48. The third-order valence-corrected chi connectivity index (χ3v) is 5.17. The number of anilines is 2. The minimum absolute atomic E-state index is 0.0164. The first-order valence-electron chi connectivity index (χ1n) is 9.62. The molecule has 0 spiro atoms. The zero-order valence-corrected chi connectivity index (χ0v) is 15.5. The van der Waals surface area contributed by atoms with Gasteiger partial charge in [-0.05, 0) is 37.5 Å². The number of furan rings is 1. The van der Waals surface area contributed by atoms with Crippen molar-refractivity contribution < 1.29 is 9.21 Å². The van der Waals surface area contributed by atoms with Crippen molar-refractivity contribution in [2.24, 2.45) is 0 Å². The van der Waals surface area contributed by atoms with Gasteiger partial charge in [-0.3, -0.25) is 4.79 Å². The van der Waals surface area contributed by atoms with Gasteiger partial charge in [0.05, 0.1) is 6.26 Å². The Hall–Kier alpha value is -2.83. The Morgan fingerprint density at radius 2 is 1.67 bits per heavy atom. The van der Waals surface area contributed by atoms with Crippen molar-refractivity contribution in [1.82, 2.24) is 14.9 Å². The highest BCUT2D eigenvalue weighted by molar-refractivity contribution is 5.91. The second kappa shape index (κ2) is 8.24. The van der Waals surface area contributed by atoms with E-state index in [0.717, 1.165) is 37.8 Å². The lowest BCUT2D eigenvalue weighted by Gasteiger charge is -2.35. The van der Waals surface area contributed by atoms with E-state index in [2.05, 4.69) is 25.8 Å². The fourth-order valence-electron chi connectivity index (χ4n) is 3.61. The standard InChI is InChI=1S/C20H25N5O2/c26-20(7-6-17-5-4-14-27-17)25-12-10-24(11-13-25)19-15-18(21-16-22-19)23-8-2-1-3-9-23/h4-7,14-16H,1-3,8-13H2/b7-6+. The van der Waals surface area contributed by atoms with Crippen LogP contribution in [0.4, 0.5) is 11.6 Å². The zero-order chi connectivity index (χ0) is 18.5. The number of nitrogens with zero attached hydrogens (tertiary/aromatic N) is 5. The number of aromatic nitrogens is 2. The molecule has 2 aromatic rings. The summed E-state index contributed by atoms with van der Waals surface area (Å²) in [4.78, 5) is 27.7. The van der Waals surface area contributed by atoms with Gasteiger partial charge in [0.1, 0.15) is 23.7 Å². The molecule has 27 heavy (non-hydrogen) atoms. The lowest BCUT2D eigenvalue weighted by molar-refractivity contribution is -0.126. The van der Waals surface area contributed by atoms with Crippen LogP contribution in [0.25, 0.3) is 6.08 Å². The van der Waals surface area contributed by atoms with Gasteiger partial charge in [0.25, 0.3) is 0 Å². The van der Waals surface area contributed by atoms with Crippen LogP contribution in [0.2, 0.25) is 0 Å². The molecule has 2 aromatic heterocycles. The van der Waals surface area contributed by atoms with E-state index < -0.39 is 0 Å². The first-order valence-corrected chi connectivity index (χ1v) is 9.62. The van der Waals surface area contributed by atoms with E-state index in [1.807, 2.05) is 17.0 Å². The normalized spacial score (nSPS) is 18.3. The Bertz CT molecular complexity index is 775. The molecule has 142 valence electrons.